The van der Waals surface area contributed by atoms with Crippen LogP contribution >= 0.6 is 0 Å². The van der Waals surface area contributed by atoms with Crippen LogP contribution in [-0.4, -0.2) is 11.7 Å². The van der Waals surface area contributed by atoms with E-state index in [1.54, 1.807) is 0 Å². The van der Waals surface area contributed by atoms with E-state index in [4.69, 9.17) is 5.11 Å². The van der Waals surface area contributed by atoms with Crippen LogP contribution in [0.25, 0.3) is 0 Å². The van der Waals surface area contributed by atoms with E-state index in [1.165, 1.54) is 0 Å². The summed E-state index contributed by atoms with van der Waals surface area (Å²) in [6.07, 6.45) is -4.95. The molecule has 15 heavy (non-hydrogen) atoms. The van der Waals surface area contributed by atoms with Crippen LogP contribution in [0.3, 0.4) is 0 Å². The van der Waals surface area contributed by atoms with Gasteiger partial charge in [0.2, 0.25) is 0 Å². The van der Waals surface area contributed by atoms with E-state index in [0.29, 0.717) is 6.07 Å². The molecular weight excluding hydrogens is 223 g/mol. The molecule has 0 saturated carbocycles. The lowest BCUT2D eigenvalue weighted by Gasteiger charge is -2.14. The summed E-state index contributed by atoms with van der Waals surface area (Å²) < 4.78 is 64.0. The molecule has 0 spiro atoms. The summed E-state index contributed by atoms with van der Waals surface area (Å²) in [7, 11) is 0. The summed E-state index contributed by atoms with van der Waals surface area (Å²) in [4.78, 5) is 0. The van der Waals surface area contributed by atoms with E-state index < -0.39 is 29.9 Å². The van der Waals surface area contributed by atoms with Gasteiger partial charge in [-0.25, -0.2) is 0 Å². The number of rotatable bonds is 2. The predicted molar refractivity (Wildman–Crippen MR) is 39.7 cm³/mol. The normalized spacial score (nSPS) is 11.9. The third kappa shape index (κ3) is 2.71. The number of hydrogen-bond donors (Lipinski definition) is 1. The van der Waals surface area contributed by atoms with Gasteiger partial charge in [-0.15, -0.1) is 0 Å². The molecule has 0 aliphatic carbocycles. The van der Waals surface area contributed by atoms with Crippen molar-refractivity contribution in [3.05, 3.63) is 23.8 Å². The summed E-state index contributed by atoms with van der Waals surface area (Å²) >= 11 is 0. The molecule has 0 radical (unpaired) electrons. The summed E-state index contributed by atoms with van der Waals surface area (Å²) in [5.74, 6) is -2.25. The number of phenols is 1. The Labute approximate surface area is 80.9 Å². The minimum absolute atomic E-state index is 0.703. The van der Waals surface area contributed by atoms with Gasteiger partial charge in [0.05, 0.1) is 0 Å². The number of halogens is 5. The topological polar surface area (TPSA) is 29.5 Å². The summed E-state index contributed by atoms with van der Waals surface area (Å²) in [6, 6.07) is 2.41. The van der Waals surface area contributed by atoms with Gasteiger partial charge in [0, 0.05) is 0 Å². The molecule has 1 aromatic carbocycles. The minimum atomic E-state index is -4.95. The molecule has 7 heteroatoms. The fraction of sp³-hybridized carbons (Fsp3) is 0.250. The van der Waals surface area contributed by atoms with Crippen LogP contribution in [0, 0.1) is 0 Å². The molecule has 0 aliphatic rings. The Balaban J connectivity index is 3.21. The van der Waals surface area contributed by atoms with Crippen LogP contribution in [0.4, 0.5) is 22.0 Å². The lowest BCUT2D eigenvalue weighted by atomic mass is 10.1. The van der Waals surface area contributed by atoms with Crippen LogP contribution in [0.2, 0.25) is 0 Å². The van der Waals surface area contributed by atoms with Crippen LogP contribution in [0.15, 0.2) is 18.2 Å². The second-order valence-corrected chi connectivity index (χ2v) is 2.53. The maximum atomic E-state index is 12.3. The highest BCUT2D eigenvalue weighted by atomic mass is 19.4. The van der Waals surface area contributed by atoms with Crippen LogP contribution in [-0.2, 0) is 6.18 Å². The van der Waals surface area contributed by atoms with E-state index in [1.807, 2.05) is 0 Å². The summed E-state index contributed by atoms with van der Waals surface area (Å²) in [5.41, 5.74) is -1.61. The van der Waals surface area contributed by atoms with E-state index in [-0.39, 0.29) is 0 Å². The number of phenolic OH excluding ortho intramolecular Hbond substituents is 1. The van der Waals surface area contributed by atoms with Crippen molar-refractivity contribution in [2.75, 3.05) is 0 Å². The average molecular weight is 228 g/mol. The van der Waals surface area contributed by atoms with Gasteiger partial charge in [-0.2, -0.15) is 22.0 Å². The van der Waals surface area contributed by atoms with Gasteiger partial charge in [0.1, 0.15) is 17.1 Å². The number of hydrogen-bond acceptors (Lipinski definition) is 2. The first-order valence-electron chi connectivity index (χ1n) is 3.66. The number of ether oxygens (including phenoxy) is 1. The lowest BCUT2D eigenvalue weighted by molar-refractivity contribution is -0.143. The standard InChI is InChI=1S/C8H5F5O2/c9-7(10)15-5-3-1-2-4(14)6(5)8(11,12)13/h1-3,7,14H. The van der Waals surface area contributed by atoms with Gasteiger partial charge in [0.25, 0.3) is 0 Å². The second-order valence-electron chi connectivity index (χ2n) is 2.53. The van der Waals surface area contributed by atoms with Gasteiger partial charge in [-0.05, 0) is 12.1 Å². The Hall–Kier alpha value is -1.53. The molecule has 84 valence electrons. The zero-order chi connectivity index (χ0) is 11.6. The van der Waals surface area contributed by atoms with Crippen molar-refractivity contribution in [2.24, 2.45) is 0 Å². The van der Waals surface area contributed by atoms with Crippen molar-refractivity contribution in [3.8, 4) is 11.5 Å². The quantitative estimate of drug-likeness (QED) is 0.788. The Morgan fingerprint density at radius 2 is 1.80 bits per heavy atom. The molecule has 0 fully saturated rings. The van der Waals surface area contributed by atoms with Gasteiger partial charge in [-0.3, -0.25) is 0 Å². The second kappa shape index (κ2) is 3.92. The maximum Gasteiger partial charge on any atom is 0.423 e. The van der Waals surface area contributed by atoms with Crippen molar-refractivity contribution in [1.29, 1.82) is 0 Å². The first-order valence-corrected chi connectivity index (χ1v) is 3.66. The van der Waals surface area contributed by atoms with Crippen molar-refractivity contribution in [3.63, 3.8) is 0 Å². The Morgan fingerprint density at radius 3 is 2.27 bits per heavy atom. The molecule has 2 nitrogen and oxygen atoms in total. The summed E-state index contributed by atoms with van der Waals surface area (Å²) in [6.45, 7) is -3.38. The van der Waals surface area contributed by atoms with E-state index >= 15 is 0 Å². The van der Waals surface area contributed by atoms with Gasteiger partial charge in [-0.1, -0.05) is 6.07 Å². The third-order valence-electron chi connectivity index (χ3n) is 1.50. The van der Waals surface area contributed by atoms with Crippen LogP contribution < -0.4 is 4.74 Å². The molecular formula is C8H5F5O2. The van der Waals surface area contributed by atoms with E-state index in [0.717, 1.165) is 12.1 Å². The zero-order valence-electron chi connectivity index (χ0n) is 7.05. The van der Waals surface area contributed by atoms with Crippen molar-refractivity contribution >= 4 is 0 Å². The van der Waals surface area contributed by atoms with Crippen molar-refractivity contribution in [1.82, 2.24) is 0 Å². The minimum Gasteiger partial charge on any atom is -0.507 e. The molecule has 1 N–H and O–H groups in total. The van der Waals surface area contributed by atoms with Crippen LogP contribution in [0.5, 0.6) is 11.5 Å². The Kier molecular flexibility index (Phi) is 3.01. The first-order chi connectivity index (χ1) is 6.82. The fourth-order valence-corrected chi connectivity index (χ4v) is 0.999. The smallest absolute Gasteiger partial charge is 0.423 e. The number of alkyl halides is 5. The van der Waals surface area contributed by atoms with Crippen molar-refractivity contribution < 1.29 is 31.8 Å². The molecule has 0 saturated heterocycles. The molecule has 0 aromatic heterocycles. The molecule has 0 bridgehead atoms. The lowest BCUT2D eigenvalue weighted by Crippen LogP contribution is -2.11. The highest BCUT2D eigenvalue weighted by molar-refractivity contribution is 5.45. The Morgan fingerprint density at radius 1 is 1.20 bits per heavy atom. The molecule has 0 amide bonds. The number of benzene rings is 1. The first kappa shape index (κ1) is 11.5. The highest BCUT2D eigenvalue weighted by Crippen LogP contribution is 2.42. The highest BCUT2D eigenvalue weighted by Gasteiger charge is 2.38. The molecule has 1 rings (SSSR count). The third-order valence-corrected chi connectivity index (χ3v) is 1.50. The molecule has 0 heterocycles. The molecule has 0 atom stereocenters. The predicted octanol–water partition coefficient (Wildman–Crippen LogP) is 3.01. The average Bonchev–Trinajstić information content (AvgIpc) is 1.99. The largest absolute Gasteiger partial charge is 0.507 e. The monoisotopic (exact) mass is 228 g/mol. The van der Waals surface area contributed by atoms with Gasteiger partial charge >= 0.3 is 12.8 Å². The van der Waals surface area contributed by atoms with Crippen molar-refractivity contribution in [2.45, 2.75) is 12.8 Å². The molecule has 0 aliphatic heterocycles. The number of aromatic hydroxyl groups is 1. The van der Waals surface area contributed by atoms with E-state index in [2.05, 4.69) is 4.74 Å². The van der Waals surface area contributed by atoms with Gasteiger partial charge < -0.3 is 9.84 Å². The molecule has 0 unspecified atom stereocenters. The fourth-order valence-electron chi connectivity index (χ4n) is 0.999. The SMILES string of the molecule is Oc1cccc(OC(F)F)c1C(F)(F)F. The van der Waals surface area contributed by atoms with Crippen LogP contribution in [0.1, 0.15) is 5.56 Å². The zero-order valence-corrected chi connectivity index (χ0v) is 7.05. The molecule has 1 aromatic rings. The van der Waals surface area contributed by atoms with E-state index in [9.17, 15) is 22.0 Å². The Bertz CT molecular complexity index is 347. The summed E-state index contributed by atoms with van der Waals surface area (Å²) in [5, 5.41) is 8.89. The van der Waals surface area contributed by atoms with Gasteiger partial charge in [0.15, 0.2) is 0 Å². The maximum absolute atomic E-state index is 12.3.